The van der Waals surface area contributed by atoms with Gasteiger partial charge >= 0.3 is 0 Å². The minimum absolute atomic E-state index is 0.0324. The van der Waals surface area contributed by atoms with Crippen LogP contribution in [0.4, 0.5) is 0 Å². The van der Waals surface area contributed by atoms with Crippen LogP contribution in [0.5, 0.6) is 5.75 Å². The lowest BCUT2D eigenvalue weighted by atomic mass is 9.78. The Morgan fingerprint density at radius 2 is 2.05 bits per heavy atom. The van der Waals surface area contributed by atoms with Gasteiger partial charge in [-0.1, -0.05) is 30.3 Å². The predicted molar refractivity (Wildman–Crippen MR) is 142 cm³/mol. The van der Waals surface area contributed by atoms with Gasteiger partial charge in [-0.05, 0) is 76.5 Å². The molecule has 1 unspecified atom stereocenters. The van der Waals surface area contributed by atoms with Crippen LogP contribution in [0.2, 0.25) is 0 Å². The van der Waals surface area contributed by atoms with Crippen LogP contribution in [0.3, 0.4) is 0 Å². The zero-order valence-corrected chi connectivity index (χ0v) is 22.3. The van der Waals surface area contributed by atoms with Crippen molar-refractivity contribution in [1.29, 1.82) is 5.26 Å². The van der Waals surface area contributed by atoms with Gasteiger partial charge in [-0.3, -0.25) is 4.79 Å². The summed E-state index contributed by atoms with van der Waals surface area (Å²) >= 11 is 0. The first-order valence-corrected chi connectivity index (χ1v) is 12.8. The van der Waals surface area contributed by atoms with E-state index in [1.807, 2.05) is 51.0 Å². The Bertz CT molecular complexity index is 1290. The first-order valence-electron chi connectivity index (χ1n) is 12.8. The smallest absolute Gasteiger partial charge is 0.258 e. The zero-order valence-electron chi connectivity index (χ0n) is 22.3. The van der Waals surface area contributed by atoms with E-state index >= 15 is 0 Å². The van der Waals surface area contributed by atoms with E-state index in [0.29, 0.717) is 41.7 Å². The maximum Gasteiger partial charge on any atom is 0.258 e. The summed E-state index contributed by atoms with van der Waals surface area (Å²) in [7, 11) is 4.04. The fourth-order valence-electron chi connectivity index (χ4n) is 5.15. The molecule has 1 aromatic heterocycles. The molecule has 1 atom stereocenters. The molecule has 0 saturated carbocycles. The summed E-state index contributed by atoms with van der Waals surface area (Å²) in [5, 5.41) is 13.9. The van der Waals surface area contributed by atoms with Gasteiger partial charge in [-0.25, -0.2) is 0 Å². The van der Waals surface area contributed by atoms with Crippen molar-refractivity contribution >= 4 is 6.41 Å². The van der Waals surface area contributed by atoms with Gasteiger partial charge in [0.25, 0.3) is 5.89 Å². The lowest BCUT2D eigenvalue weighted by Crippen LogP contribution is -2.41. The highest BCUT2D eigenvalue weighted by molar-refractivity contribution is 5.68. The van der Waals surface area contributed by atoms with E-state index in [-0.39, 0.29) is 11.5 Å². The lowest BCUT2D eigenvalue weighted by molar-refractivity contribution is -0.119. The third-order valence-corrected chi connectivity index (χ3v) is 7.14. The van der Waals surface area contributed by atoms with Gasteiger partial charge in [-0.15, -0.1) is 0 Å². The van der Waals surface area contributed by atoms with Crippen molar-refractivity contribution in [2.24, 2.45) is 0 Å². The number of fused-ring (bicyclic) bond motifs is 1. The van der Waals surface area contributed by atoms with Crippen LogP contribution in [-0.2, 0) is 16.6 Å². The number of nitrogens with zero attached hydrogens (tertiary/aromatic N) is 5. The molecule has 4 rings (SSSR count). The summed E-state index contributed by atoms with van der Waals surface area (Å²) in [6.45, 7) is 8.26. The van der Waals surface area contributed by atoms with Crippen LogP contribution >= 0.6 is 0 Å². The monoisotopic (exact) mass is 501 g/mol. The van der Waals surface area contributed by atoms with E-state index in [1.54, 1.807) is 12.1 Å². The Hall–Kier alpha value is -3.70. The molecule has 8 heteroatoms. The summed E-state index contributed by atoms with van der Waals surface area (Å²) < 4.78 is 11.4. The van der Waals surface area contributed by atoms with Gasteiger partial charge in [0.05, 0.1) is 11.7 Å². The van der Waals surface area contributed by atoms with E-state index in [1.165, 1.54) is 11.1 Å². The SMILES string of the molecule is CCC1(CN(C=O)CCN(C)C)CCc2c(-c3noc(-c4ccc(OC(C)C)c(C#N)c4)n3)cccc21. The van der Waals surface area contributed by atoms with Crippen molar-refractivity contribution < 1.29 is 14.1 Å². The van der Waals surface area contributed by atoms with Gasteiger partial charge in [0, 0.05) is 36.2 Å². The van der Waals surface area contributed by atoms with Gasteiger partial charge in [0.2, 0.25) is 12.2 Å². The second-order valence-corrected chi connectivity index (χ2v) is 10.3. The highest BCUT2D eigenvalue weighted by Crippen LogP contribution is 2.45. The fourth-order valence-corrected chi connectivity index (χ4v) is 5.15. The van der Waals surface area contributed by atoms with Crippen LogP contribution in [0.1, 0.15) is 50.3 Å². The van der Waals surface area contributed by atoms with Crippen molar-refractivity contribution in [3.63, 3.8) is 0 Å². The highest BCUT2D eigenvalue weighted by atomic mass is 16.5. The summed E-state index contributed by atoms with van der Waals surface area (Å²) in [6.07, 6.45) is 3.74. The third kappa shape index (κ3) is 5.52. The Morgan fingerprint density at radius 3 is 2.73 bits per heavy atom. The molecular weight excluding hydrogens is 466 g/mol. The highest BCUT2D eigenvalue weighted by Gasteiger charge is 2.40. The molecule has 37 heavy (non-hydrogen) atoms. The Kier molecular flexibility index (Phi) is 7.94. The third-order valence-electron chi connectivity index (χ3n) is 7.14. The Balaban J connectivity index is 1.63. The minimum atomic E-state index is -0.0981. The number of benzene rings is 2. The summed E-state index contributed by atoms with van der Waals surface area (Å²) in [6, 6.07) is 13.7. The molecule has 0 saturated heterocycles. The maximum absolute atomic E-state index is 11.9. The summed E-state index contributed by atoms with van der Waals surface area (Å²) in [5.41, 5.74) is 4.43. The van der Waals surface area contributed by atoms with E-state index in [9.17, 15) is 10.1 Å². The molecule has 2 aromatic carbocycles. The molecular formula is C29H35N5O3. The average molecular weight is 502 g/mol. The second-order valence-electron chi connectivity index (χ2n) is 10.3. The molecule has 1 amide bonds. The van der Waals surface area contributed by atoms with Crippen molar-refractivity contribution in [2.75, 3.05) is 33.7 Å². The number of aromatic nitrogens is 2. The molecule has 1 aliphatic rings. The van der Waals surface area contributed by atoms with Crippen molar-refractivity contribution in [3.8, 4) is 34.7 Å². The van der Waals surface area contributed by atoms with Crippen LogP contribution < -0.4 is 4.74 Å². The number of ether oxygens (including phenoxy) is 1. The molecule has 0 spiro atoms. The van der Waals surface area contributed by atoms with Crippen molar-refractivity contribution in [3.05, 3.63) is 53.1 Å². The maximum atomic E-state index is 11.9. The zero-order chi connectivity index (χ0) is 26.6. The van der Waals surface area contributed by atoms with Crippen LogP contribution in [0.25, 0.3) is 22.8 Å². The quantitative estimate of drug-likeness (QED) is 0.352. The van der Waals surface area contributed by atoms with Gasteiger partial charge < -0.3 is 19.1 Å². The largest absolute Gasteiger partial charge is 0.490 e. The number of carbonyl (C=O) groups excluding carboxylic acids is 1. The second kappa shape index (κ2) is 11.1. The molecule has 0 bridgehead atoms. The van der Waals surface area contributed by atoms with E-state index in [0.717, 1.165) is 37.8 Å². The molecule has 1 aliphatic carbocycles. The number of hydrogen-bond acceptors (Lipinski definition) is 7. The molecule has 0 radical (unpaired) electrons. The average Bonchev–Trinajstić information content (AvgIpc) is 3.52. The number of carbonyl (C=O) groups is 1. The van der Waals surface area contributed by atoms with Gasteiger partial charge in [0.1, 0.15) is 11.8 Å². The van der Waals surface area contributed by atoms with Crippen LogP contribution in [0, 0.1) is 11.3 Å². The molecule has 0 N–H and O–H groups in total. The molecule has 0 aliphatic heterocycles. The normalized spacial score (nSPS) is 16.6. The predicted octanol–water partition coefficient (Wildman–Crippen LogP) is 4.68. The molecule has 0 fully saturated rings. The number of nitriles is 1. The standard InChI is InChI=1S/C29H35N5O3/c1-6-29(18-34(19-35)15-14-33(4)5)13-12-23-24(8-7-9-25(23)29)27-31-28(37-32-27)21-10-11-26(36-20(2)3)22(16-21)17-30/h7-11,16,19-20H,6,12-15,18H2,1-5H3. The number of likely N-dealkylation sites (N-methyl/N-ethyl adjacent to an activating group) is 1. The van der Waals surface area contributed by atoms with E-state index < -0.39 is 0 Å². The Morgan fingerprint density at radius 1 is 1.24 bits per heavy atom. The van der Waals surface area contributed by atoms with Crippen LogP contribution in [-0.4, -0.2) is 66.2 Å². The van der Waals surface area contributed by atoms with Crippen molar-refractivity contribution in [1.82, 2.24) is 19.9 Å². The topological polar surface area (TPSA) is 95.5 Å². The molecule has 8 nitrogen and oxygen atoms in total. The Labute approximate surface area is 218 Å². The first-order chi connectivity index (χ1) is 17.8. The van der Waals surface area contributed by atoms with E-state index in [2.05, 4.69) is 29.1 Å². The molecule has 3 aromatic rings. The molecule has 1 heterocycles. The molecule has 194 valence electrons. The van der Waals surface area contributed by atoms with Gasteiger partial charge in [0.15, 0.2) is 0 Å². The summed E-state index contributed by atoms with van der Waals surface area (Å²) in [5.74, 6) is 1.42. The van der Waals surface area contributed by atoms with Gasteiger partial charge in [-0.2, -0.15) is 10.2 Å². The van der Waals surface area contributed by atoms with Crippen molar-refractivity contribution in [2.45, 2.75) is 51.6 Å². The van der Waals surface area contributed by atoms with E-state index in [4.69, 9.17) is 14.2 Å². The fraction of sp³-hybridized carbons (Fsp3) is 0.448. The first kappa shape index (κ1) is 26.4. The lowest BCUT2D eigenvalue weighted by Gasteiger charge is -2.34. The number of hydrogen-bond donors (Lipinski definition) is 0. The minimum Gasteiger partial charge on any atom is -0.490 e. The van der Waals surface area contributed by atoms with Crippen LogP contribution in [0.15, 0.2) is 40.9 Å². The summed E-state index contributed by atoms with van der Waals surface area (Å²) in [4.78, 5) is 20.6. The number of rotatable bonds is 11. The number of amides is 1.